The van der Waals surface area contributed by atoms with Crippen molar-refractivity contribution in [3.05, 3.63) is 60.3 Å². The quantitative estimate of drug-likeness (QED) is 0.721. The highest BCUT2D eigenvalue weighted by atomic mass is 32.2. The number of benzene rings is 2. The lowest BCUT2D eigenvalue weighted by Crippen LogP contribution is -2.43. The van der Waals surface area contributed by atoms with Crippen molar-refractivity contribution in [1.82, 2.24) is 9.29 Å². The first-order chi connectivity index (χ1) is 13.3. The van der Waals surface area contributed by atoms with Crippen LogP contribution >= 0.6 is 0 Å². The van der Waals surface area contributed by atoms with E-state index in [1.165, 1.54) is 18.3 Å². The zero-order chi connectivity index (χ0) is 19.9. The van der Waals surface area contributed by atoms with E-state index >= 15 is 0 Å². The molecule has 3 aromatic rings. The van der Waals surface area contributed by atoms with Gasteiger partial charge in [-0.2, -0.15) is 13.2 Å². The molecule has 0 atom stereocenters. The lowest BCUT2D eigenvalue weighted by Gasteiger charge is -2.30. The van der Waals surface area contributed by atoms with E-state index in [-0.39, 0.29) is 0 Å². The molecule has 5 nitrogen and oxygen atoms in total. The number of rotatable bonds is 3. The van der Waals surface area contributed by atoms with Crippen LogP contribution in [0.3, 0.4) is 0 Å². The van der Waals surface area contributed by atoms with Crippen LogP contribution < -0.4 is 10.2 Å². The average Bonchev–Trinajstić information content (AvgIpc) is 3.13. The Morgan fingerprint density at radius 3 is 2.36 bits per heavy atom. The lowest BCUT2D eigenvalue weighted by atomic mass is 10.2. The van der Waals surface area contributed by atoms with Gasteiger partial charge in [-0.15, -0.1) is 0 Å². The Bertz CT molecular complexity index is 1120. The molecule has 1 aliphatic rings. The van der Waals surface area contributed by atoms with Crippen LogP contribution in [0.4, 0.5) is 18.9 Å². The average molecular weight is 409 g/mol. The van der Waals surface area contributed by atoms with Gasteiger partial charge in [0.2, 0.25) is 0 Å². The molecule has 4 rings (SSSR count). The Kier molecular flexibility index (Phi) is 4.59. The van der Waals surface area contributed by atoms with E-state index in [2.05, 4.69) is 10.2 Å². The molecule has 0 radical (unpaired) electrons. The molecule has 1 aliphatic heterocycles. The molecule has 0 aliphatic carbocycles. The summed E-state index contributed by atoms with van der Waals surface area (Å²) in [6.45, 7) is 3.17. The molecule has 9 heteroatoms. The molecule has 28 heavy (non-hydrogen) atoms. The molecule has 0 bridgehead atoms. The van der Waals surface area contributed by atoms with Crippen LogP contribution in [0.25, 0.3) is 10.9 Å². The minimum Gasteiger partial charge on any atom is -0.368 e. The van der Waals surface area contributed by atoms with Gasteiger partial charge in [-0.3, -0.25) is 0 Å². The highest BCUT2D eigenvalue weighted by Gasteiger charge is 2.37. The lowest BCUT2D eigenvalue weighted by molar-refractivity contribution is -0.139. The number of nitrogens with zero attached hydrogens (tertiary/aromatic N) is 2. The maximum absolute atomic E-state index is 13.4. The highest BCUT2D eigenvalue weighted by Crippen LogP contribution is 2.36. The fourth-order valence-electron chi connectivity index (χ4n) is 3.55. The normalized spacial score (nSPS) is 15.9. The van der Waals surface area contributed by atoms with E-state index in [0.717, 1.165) is 48.0 Å². The standard InChI is InChI=1S/C19H18F3N3O2S/c20-19(21,22)15-4-1-2-7-18(15)28(26,27)25-11-8-14-16(5-3-6-17(14)25)24-12-9-23-10-13-24/h1-8,11,23H,9-10,12-13H2. The number of hydrogen-bond acceptors (Lipinski definition) is 4. The molecule has 1 fully saturated rings. The molecule has 2 heterocycles. The van der Waals surface area contributed by atoms with Gasteiger partial charge in [0.25, 0.3) is 10.0 Å². The molecular weight excluding hydrogens is 391 g/mol. The fourth-order valence-corrected chi connectivity index (χ4v) is 5.11. The Balaban J connectivity index is 1.87. The number of nitrogens with one attached hydrogen (secondary N) is 1. The van der Waals surface area contributed by atoms with E-state index < -0.39 is 26.7 Å². The van der Waals surface area contributed by atoms with Crippen LogP contribution in [0.1, 0.15) is 5.56 Å². The van der Waals surface area contributed by atoms with Gasteiger partial charge >= 0.3 is 6.18 Å². The predicted octanol–water partition coefficient (Wildman–Crippen LogP) is 3.31. The van der Waals surface area contributed by atoms with Crippen LogP contribution in [-0.2, 0) is 16.2 Å². The second kappa shape index (κ2) is 6.82. The largest absolute Gasteiger partial charge is 0.417 e. The van der Waals surface area contributed by atoms with Crippen molar-refractivity contribution >= 4 is 26.6 Å². The van der Waals surface area contributed by atoms with Crippen molar-refractivity contribution in [3.63, 3.8) is 0 Å². The summed E-state index contributed by atoms with van der Waals surface area (Å²) in [5.41, 5.74) is 0.0557. The molecule has 0 spiro atoms. The Morgan fingerprint density at radius 1 is 0.929 bits per heavy atom. The summed E-state index contributed by atoms with van der Waals surface area (Å²) in [7, 11) is -4.42. The van der Waals surface area contributed by atoms with Crippen molar-refractivity contribution in [2.75, 3.05) is 31.1 Å². The minimum absolute atomic E-state index is 0.355. The van der Waals surface area contributed by atoms with Crippen molar-refractivity contribution in [3.8, 4) is 0 Å². The number of hydrogen-bond donors (Lipinski definition) is 1. The van der Waals surface area contributed by atoms with E-state index in [1.54, 1.807) is 18.2 Å². The number of anilines is 1. The first-order valence-corrected chi connectivity index (χ1v) is 10.2. The van der Waals surface area contributed by atoms with Crippen LogP contribution in [0.2, 0.25) is 0 Å². The third-order valence-electron chi connectivity index (χ3n) is 4.86. The highest BCUT2D eigenvalue weighted by molar-refractivity contribution is 7.90. The number of aromatic nitrogens is 1. The fraction of sp³-hybridized carbons (Fsp3) is 0.263. The number of halogens is 3. The van der Waals surface area contributed by atoms with Gasteiger partial charge in [0.15, 0.2) is 0 Å². The third kappa shape index (κ3) is 3.14. The van der Waals surface area contributed by atoms with Gasteiger partial charge < -0.3 is 10.2 Å². The maximum atomic E-state index is 13.4. The molecule has 0 unspecified atom stereocenters. The molecule has 2 aromatic carbocycles. The van der Waals surface area contributed by atoms with Gasteiger partial charge in [0, 0.05) is 43.4 Å². The summed E-state index contributed by atoms with van der Waals surface area (Å²) in [5.74, 6) is 0. The molecular formula is C19H18F3N3O2S. The zero-order valence-electron chi connectivity index (χ0n) is 14.8. The summed E-state index contributed by atoms with van der Waals surface area (Å²) < 4.78 is 67.2. The van der Waals surface area contributed by atoms with Crippen LogP contribution in [0.5, 0.6) is 0 Å². The van der Waals surface area contributed by atoms with Gasteiger partial charge in [-0.1, -0.05) is 18.2 Å². The summed E-state index contributed by atoms with van der Waals surface area (Å²) in [4.78, 5) is 1.38. The summed E-state index contributed by atoms with van der Waals surface area (Å²) >= 11 is 0. The van der Waals surface area contributed by atoms with Crippen LogP contribution in [0, 0.1) is 0 Å². The van der Waals surface area contributed by atoms with Crippen molar-refractivity contribution in [1.29, 1.82) is 0 Å². The van der Waals surface area contributed by atoms with E-state index in [4.69, 9.17) is 0 Å². The van der Waals surface area contributed by atoms with Gasteiger partial charge in [-0.25, -0.2) is 12.4 Å². The third-order valence-corrected chi connectivity index (χ3v) is 6.61. The van der Waals surface area contributed by atoms with Gasteiger partial charge in [0.1, 0.15) is 4.90 Å². The van der Waals surface area contributed by atoms with E-state index in [1.807, 2.05) is 6.07 Å². The SMILES string of the molecule is O=S(=O)(c1ccccc1C(F)(F)F)n1ccc2c(N3CCNCC3)cccc21. The zero-order valence-corrected chi connectivity index (χ0v) is 15.6. The van der Waals surface area contributed by atoms with Crippen molar-refractivity contribution in [2.45, 2.75) is 11.1 Å². The minimum atomic E-state index is -4.77. The van der Waals surface area contributed by atoms with Crippen LogP contribution in [-0.4, -0.2) is 38.6 Å². The van der Waals surface area contributed by atoms with Crippen LogP contribution in [0.15, 0.2) is 59.6 Å². The molecule has 148 valence electrons. The molecule has 0 saturated carbocycles. The van der Waals surface area contributed by atoms with Gasteiger partial charge in [0.05, 0.1) is 11.1 Å². The first-order valence-electron chi connectivity index (χ1n) is 8.78. The number of fused-ring (bicyclic) bond motifs is 1. The second-order valence-corrected chi connectivity index (χ2v) is 8.34. The first kappa shape index (κ1) is 18.8. The van der Waals surface area contributed by atoms with Crippen molar-refractivity contribution in [2.24, 2.45) is 0 Å². The number of alkyl halides is 3. The summed E-state index contributed by atoms with van der Waals surface area (Å²) in [6.07, 6.45) is -3.45. The Labute approximate surface area is 160 Å². The molecule has 1 N–H and O–H groups in total. The van der Waals surface area contributed by atoms with E-state index in [0.29, 0.717) is 10.9 Å². The Hall–Kier alpha value is -2.52. The summed E-state index contributed by atoms with van der Waals surface area (Å²) in [5, 5.41) is 3.95. The van der Waals surface area contributed by atoms with Crippen molar-refractivity contribution < 1.29 is 21.6 Å². The topological polar surface area (TPSA) is 54.3 Å². The predicted molar refractivity (Wildman–Crippen MR) is 101 cm³/mol. The summed E-state index contributed by atoms with van der Waals surface area (Å²) in [6, 6.07) is 11.1. The van der Waals surface area contributed by atoms with Gasteiger partial charge in [-0.05, 0) is 30.3 Å². The monoisotopic (exact) mass is 409 g/mol. The molecule has 1 aromatic heterocycles. The maximum Gasteiger partial charge on any atom is 0.417 e. The molecule has 0 amide bonds. The second-order valence-electron chi connectivity index (χ2n) is 6.56. The molecule has 1 saturated heterocycles. The Morgan fingerprint density at radius 2 is 1.64 bits per heavy atom. The van der Waals surface area contributed by atoms with E-state index in [9.17, 15) is 21.6 Å². The smallest absolute Gasteiger partial charge is 0.368 e. The number of piperazine rings is 1.